The molecule has 3 aliphatic rings. The van der Waals surface area contributed by atoms with E-state index in [1.807, 2.05) is 0 Å². The minimum Gasteiger partial charge on any atom is -0.457 e. The summed E-state index contributed by atoms with van der Waals surface area (Å²) in [5, 5.41) is 2.60. The van der Waals surface area contributed by atoms with Crippen LogP contribution in [0.4, 0.5) is 0 Å². The molecule has 8 aromatic carbocycles. The number of rotatable bonds is 2. The van der Waals surface area contributed by atoms with Crippen molar-refractivity contribution < 1.29 is 4.74 Å². The SMILES string of the molecule is CC1(C)c2ccccc2Oc2ccc(-c3ccccc3-c3ccc4c(c3)C3(c5ccccc5-4)c4ccccc4-c4ccc5ccccc5c43)cc21. The fourth-order valence-electron chi connectivity index (χ4n) is 9.68. The molecule has 51 heavy (non-hydrogen) atoms. The van der Waals surface area contributed by atoms with E-state index in [0.29, 0.717) is 0 Å². The summed E-state index contributed by atoms with van der Waals surface area (Å²) < 4.78 is 6.44. The van der Waals surface area contributed by atoms with E-state index in [0.717, 1.165) is 11.5 Å². The first-order valence-corrected chi connectivity index (χ1v) is 17.9. The topological polar surface area (TPSA) is 9.23 Å². The van der Waals surface area contributed by atoms with E-state index in [1.54, 1.807) is 0 Å². The van der Waals surface area contributed by atoms with Crippen LogP contribution < -0.4 is 4.74 Å². The van der Waals surface area contributed by atoms with Crippen LogP contribution in [0.25, 0.3) is 55.3 Å². The highest BCUT2D eigenvalue weighted by molar-refractivity contribution is 6.04. The maximum Gasteiger partial charge on any atom is 0.131 e. The lowest BCUT2D eigenvalue weighted by molar-refractivity contribution is 0.418. The lowest BCUT2D eigenvalue weighted by Crippen LogP contribution is -2.26. The highest BCUT2D eigenvalue weighted by Gasteiger charge is 2.52. The third-order valence-electron chi connectivity index (χ3n) is 12.0. The Bertz CT molecular complexity index is 2750. The van der Waals surface area contributed by atoms with Gasteiger partial charge in [-0.1, -0.05) is 159 Å². The lowest BCUT2D eigenvalue weighted by Gasteiger charge is -2.34. The van der Waals surface area contributed by atoms with Gasteiger partial charge in [0, 0.05) is 16.5 Å². The van der Waals surface area contributed by atoms with Crippen LogP contribution in [0.5, 0.6) is 11.5 Å². The number of benzene rings is 8. The quantitative estimate of drug-likeness (QED) is 0.181. The first kappa shape index (κ1) is 28.6. The average molecular weight is 651 g/mol. The Hall–Kier alpha value is -6.18. The van der Waals surface area contributed by atoms with Crippen molar-refractivity contribution in [1.29, 1.82) is 0 Å². The first-order valence-electron chi connectivity index (χ1n) is 17.9. The standard InChI is InChI=1S/C50H34O/c1-49(2)43-21-11-12-22-46(43)51-47-28-25-33(30-45(47)49)35-15-6-5-14-34(35)32-24-26-39-37-17-7-9-19-41(37)50(44(39)29-32)42-20-10-8-18-38(42)40-27-23-31-13-3-4-16-36(31)48(40)50/h3-30H,1-2H3. The predicted molar refractivity (Wildman–Crippen MR) is 210 cm³/mol. The van der Waals surface area contributed by atoms with Crippen LogP contribution in [0.3, 0.4) is 0 Å². The molecule has 2 aliphatic carbocycles. The Kier molecular flexibility index (Phi) is 5.72. The fourth-order valence-corrected chi connectivity index (χ4v) is 9.68. The molecular weight excluding hydrogens is 617 g/mol. The summed E-state index contributed by atoms with van der Waals surface area (Å²) in [7, 11) is 0. The third kappa shape index (κ3) is 3.71. The Morgan fingerprint density at radius 3 is 1.63 bits per heavy atom. The van der Waals surface area contributed by atoms with Crippen molar-refractivity contribution in [1.82, 2.24) is 0 Å². The normalized spacial score (nSPS) is 16.8. The fraction of sp³-hybridized carbons (Fsp3) is 0.0800. The van der Waals surface area contributed by atoms with Gasteiger partial charge in [0.1, 0.15) is 11.5 Å². The van der Waals surface area contributed by atoms with Crippen LogP contribution >= 0.6 is 0 Å². The Morgan fingerprint density at radius 1 is 0.373 bits per heavy atom. The van der Waals surface area contributed by atoms with E-state index in [1.165, 1.54) is 88.7 Å². The highest BCUT2D eigenvalue weighted by Crippen LogP contribution is 2.64. The third-order valence-corrected chi connectivity index (χ3v) is 12.0. The van der Waals surface area contributed by atoms with Gasteiger partial charge in [-0.25, -0.2) is 0 Å². The molecule has 0 saturated carbocycles. The molecule has 1 unspecified atom stereocenters. The molecule has 0 radical (unpaired) electrons. The smallest absolute Gasteiger partial charge is 0.131 e. The molecule has 0 saturated heterocycles. The van der Waals surface area contributed by atoms with Crippen molar-refractivity contribution in [2.75, 3.05) is 0 Å². The van der Waals surface area contributed by atoms with Gasteiger partial charge in [-0.2, -0.15) is 0 Å². The Labute approximate surface area is 298 Å². The largest absolute Gasteiger partial charge is 0.457 e. The van der Waals surface area contributed by atoms with Crippen molar-refractivity contribution >= 4 is 10.8 Å². The molecule has 0 bridgehead atoms. The number of fused-ring (bicyclic) bond motifs is 14. The molecule has 1 heteroatoms. The van der Waals surface area contributed by atoms with Crippen molar-refractivity contribution in [2.24, 2.45) is 0 Å². The minimum absolute atomic E-state index is 0.188. The van der Waals surface area contributed by atoms with Crippen molar-refractivity contribution in [3.63, 3.8) is 0 Å². The van der Waals surface area contributed by atoms with E-state index in [2.05, 4.69) is 184 Å². The minimum atomic E-state index is -0.426. The second-order valence-electron chi connectivity index (χ2n) is 14.8. The van der Waals surface area contributed by atoms with Crippen molar-refractivity contribution in [3.05, 3.63) is 203 Å². The van der Waals surface area contributed by atoms with Gasteiger partial charge >= 0.3 is 0 Å². The first-order chi connectivity index (χ1) is 25.0. The van der Waals surface area contributed by atoms with Crippen molar-refractivity contribution in [3.8, 4) is 56.0 Å². The Balaban J connectivity index is 1.15. The molecule has 11 rings (SSSR count). The second-order valence-corrected chi connectivity index (χ2v) is 14.8. The predicted octanol–water partition coefficient (Wildman–Crippen LogP) is 12.9. The summed E-state index contributed by atoms with van der Waals surface area (Å²) >= 11 is 0. The zero-order valence-electron chi connectivity index (χ0n) is 28.6. The van der Waals surface area contributed by atoms with Crippen LogP contribution in [0.1, 0.15) is 47.2 Å². The van der Waals surface area contributed by atoms with Gasteiger partial charge in [0.2, 0.25) is 0 Å². The average Bonchev–Trinajstić information content (AvgIpc) is 3.65. The second kappa shape index (κ2) is 10.2. The van der Waals surface area contributed by atoms with Gasteiger partial charge in [0.15, 0.2) is 0 Å². The van der Waals surface area contributed by atoms with Crippen LogP contribution in [0, 0.1) is 0 Å². The van der Waals surface area contributed by atoms with E-state index in [-0.39, 0.29) is 5.41 Å². The molecule has 240 valence electrons. The van der Waals surface area contributed by atoms with Crippen LogP contribution in [0.2, 0.25) is 0 Å². The monoisotopic (exact) mass is 650 g/mol. The maximum absolute atomic E-state index is 6.44. The molecule has 1 atom stereocenters. The van der Waals surface area contributed by atoms with Gasteiger partial charge in [-0.3, -0.25) is 0 Å². The maximum atomic E-state index is 6.44. The van der Waals surface area contributed by atoms with Crippen molar-refractivity contribution in [2.45, 2.75) is 24.7 Å². The summed E-state index contributed by atoms with van der Waals surface area (Å²) in [6.45, 7) is 4.61. The number of para-hydroxylation sites is 1. The molecule has 0 fully saturated rings. The van der Waals surface area contributed by atoms with E-state index in [9.17, 15) is 0 Å². The summed E-state index contributed by atoms with van der Waals surface area (Å²) in [5.41, 5.74) is 17.5. The molecule has 0 N–H and O–H groups in total. The molecule has 1 aliphatic heterocycles. The van der Waals surface area contributed by atoms with Gasteiger partial charge in [0.25, 0.3) is 0 Å². The van der Waals surface area contributed by atoms with E-state index < -0.39 is 5.41 Å². The van der Waals surface area contributed by atoms with Gasteiger partial charge in [-0.05, 0) is 102 Å². The Morgan fingerprint density at radius 2 is 0.882 bits per heavy atom. The van der Waals surface area contributed by atoms with Crippen LogP contribution in [-0.2, 0) is 10.8 Å². The van der Waals surface area contributed by atoms with Gasteiger partial charge in [-0.15, -0.1) is 0 Å². The highest BCUT2D eigenvalue weighted by atomic mass is 16.5. The van der Waals surface area contributed by atoms with Crippen LogP contribution in [0.15, 0.2) is 170 Å². The molecule has 8 aromatic rings. The number of hydrogen-bond donors (Lipinski definition) is 0. The number of hydrogen-bond acceptors (Lipinski definition) is 1. The van der Waals surface area contributed by atoms with Gasteiger partial charge in [0.05, 0.1) is 5.41 Å². The lowest BCUT2D eigenvalue weighted by atomic mass is 9.69. The van der Waals surface area contributed by atoms with Crippen LogP contribution in [-0.4, -0.2) is 0 Å². The molecular formula is C50H34O. The summed E-state index contributed by atoms with van der Waals surface area (Å²) in [4.78, 5) is 0. The summed E-state index contributed by atoms with van der Waals surface area (Å²) in [6.07, 6.45) is 0. The molecule has 1 heterocycles. The molecule has 0 aromatic heterocycles. The zero-order valence-corrected chi connectivity index (χ0v) is 28.6. The zero-order chi connectivity index (χ0) is 33.9. The number of ether oxygens (including phenoxy) is 1. The van der Waals surface area contributed by atoms with E-state index >= 15 is 0 Å². The van der Waals surface area contributed by atoms with E-state index in [4.69, 9.17) is 4.74 Å². The summed E-state index contributed by atoms with van der Waals surface area (Å²) in [6, 6.07) is 63.0. The van der Waals surface area contributed by atoms with Gasteiger partial charge < -0.3 is 4.74 Å². The molecule has 1 spiro atoms. The molecule has 0 amide bonds. The summed E-state index contributed by atoms with van der Waals surface area (Å²) in [5.74, 6) is 1.88. The molecule has 1 nitrogen and oxygen atoms in total.